The van der Waals surface area contributed by atoms with Crippen LogP contribution in [0.5, 0.6) is 0 Å². The standard InChI is InChI=1S/C20H25N5O4/c1-22(2)15(26)11-8-12-29-19(14-9-6-5-7-10-14)25-13-21-17-16(25)18(27)24(4)20(28)23(17)3/h5-7,9-10,13,19H,8,11-12H2,1-4H3. The molecule has 2 aromatic heterocycles. The van der Waals surface area contributed by atoms with Crippen molar-refractivity contribution in [3.05, 3.63) is 63.1 Å². The maximum atomic E-state index is 12.8. The first-order valence-corrected chi connectivity index (χ1v) is 9.32. The van der Waals surface area contributed by atoms with E-state index in [1.54, 1.807) is 30.6 Å². The maximum absolute atomic E-state index is 12.8. The summed E-state index contributed by atoms with van der Waals surface area (Å²) in [5.41, 5.74) is 0.542. The minimum Gasteiger partial charge on any atom is -0.354 e. The molecule has 3 aromatic rings. The average Bonchev–Trinajstić information content (AvgIpc) is 3.16. The molecule has 0 aliphatic rings. The Kier molecular flexibility index (Phi) is 5.97. The van der Waals surface area contributed by atoms with E-state index in [4.69, 9.17) is 4.74 Å². The lowest BCUT2D eigenvalue weighted by atomic mass is 10.2. The Hall–Kier alpha value is -3.20. The van der Waals surface area contributed by atoms with Crippen LogP contribution in [0.15, 0.2) is 46.2 Å². The summed E-state index contributed by atoms with van der Waals surface area (Å²) in [5, 5.41) is 0. The molecule has 9 heteroatoms. The molecule has 2 heterocycles. The maximum Gasteiger partial charge on any atom is 0.332 e. The van der Waals surface area contributed by atoms with Crippen molar-refractivity contribution in [2.24, 2.45) is 14.1 Å². The van der Waals surface area contributed by atoms with Gasteiger partial charge in [0, 0.05) is 40.2 Å². The third-order valence-electron chi connectivity index (χ3n) is 4.82. The van der Waals surface area contributed by atoms with E-state index in [0.29, 0.717) is 25.1 Å². The van der Waals surface area contributed by atoms with Gasteiger partial charge in [-0.15, -0.1) is 0 Å². The summed E-state index contributed by atoms with van der Waals surface area (Å²) in [5.74, 6) is 0.0295. The van der Waals surface area contributed by atoms with Crippen molar-refractivity contribution in [1.29, 1.82) is 0 Å². The van der Waals surface area contributed by atoms with Gasteiger partial charge in [-0.1, -0.05) is 30.3 Å². The van der Waals surface area contributed by atoms with E-state index in [-0.39, 0.29) is 11.4 Å². The molecule has 0 fully saturated rings. The molecule has 1 atom stereocenters. The van der Waals surface area contributed by atoms with Gasteiger partial charge in [-0.25, -0.2) is 9.78 Å². The second kappa shape index (κ2) is 8.44. The number of aromatic nitrogens is 4. The first-order chi connectivity index (χ1) is 13.8. The number of carbonyl (C=O) groups excluding carboxylic acids is 1. The van der Waals surface area contributed by atoms with E-state index in [2.05, 4.69) is 4.98 Å². The number of rotatable bonds is 7. The molecule has 1 amide bonds. The molecule has 0 bridgehead atoms. The van der Waals surface area contributed by atoms with Gasteiger partial charge in [0.25, 0.3) is 5.56 Å². The van der Waals surface area contributed by atoms with Gasteiger partial charge >= 0.3 is 5.69 Å². The van der Waals surface area contributed by atoms with Crippen LogP contribution in [0, 0.1) is 0 Å². The van der Waals surface area contributed by atoms with Crippen LogP contribution in [0.1, 0.15) is 24.6 Å². The molecule has 0 N–H and O–H groups in total. The van der Waals surface area contributed by atoms with E-state index < -0.39 is 17.5 Å². The van der Waals surface area contributed by atoms with Crippen LogP contribution >= 0.6 is 0 Å². The smallest absolute Gasteiger partial charge is 0.332 e. The Balaban J connectivity index is 1.99. The molecule has 1 aromatic carbocycles. The summed E-state index contributed by atoms with van der Waals surface area (Å²) < 4.78 is 10.1. The number of ether oxygens (including phenoxy) is 1. The first-order valence-electron chi connectivity index (χ1n) is 9.32. The van der Waals surface area contributed by atoms with Gasteiger partial charge in [-0.3, -0.25) is 23.3 Å². The zero-order valence-electron chi connectivity index (χ0n) is 17.0. The van der Waals surface area contributed by atoms with Gasteiger partial charge < -0.3 is 9.64 Å². The van der Waals surface area contributed by atoms with Gasteiger partial charge in [-0.05, 0) is 6.42 Å². The fourth-order valence-corrected chi connectivity index (χ4v) is 3.14. The van der Waals surface area contributed by atoms with Crippen LogP contribution in [0.25, 0.3) is 11.2 Å². The number of imidazole rings is 1. The fraction of sp³-hybridized carbons (Fsp3) is 0.400. The Labute approximate surface area is 167 Å². The Bertz CT molecular complexity index is 1130. The van der Waals surface area contributed by atoms with Crippen molar-refractivity contribution >= 4 is 17.1 Å². The van der Waals surface area contributed by atoms with Gasteiger partial charge in [0.05, 0.1) is 6.61 Å². The van der Waals surface area contributed by atoms with E-state index in [9.17, 15) is 14.4 Å². The number of carbonyl (C=O) groups is 1. The number of hydrogen-bond donors (Lipinski definition) is 0. The minimum absolute atomic E-state index is 0.0295. The lowest BCUT2D eigenvalue weighted by Crippen LogP contribution is -2.38. The zero-order chi connectivity index (χ0) is 21.1. The number of hydrogen-bond acceptors (Lipinski definition) is 5. The van der Waals surface area contributed by atoms with Crippen molar-refractivity contribution < 1.29 is 9.53 Å². The molecule has 0 spiro atoms. The average molecular weight is 399 g/mol. The van der Waals surface area contributed by atoms with Crippen LogP contribution in [0.2, 0.25) is 0 Å². The van der Waals surface area contributed by atoms with E-state index >= 15 is 0 Å². The highest BCUT2D eigenvalue weighted by atomic mass is 16.5. The molecular formula is C20H25N5O4. The normalized spacial score (nSPS) is 12.3. The molecule has 0 radical (unpaired) electrons. The summed E-state index contributed by atoms with van der Waals surface area (Å²) in [6.07, 6.45) is 1.81. The molecule has 3 rings (SSSR count). The van der Waals surface area contributed by atoms with Crippen molar-refractivity contribution in [3.8, 4) is 0 Å². The molecule has 154 valence electrons. The van der Waals surface area contributed by atoms with Crippen LogP contribution in [-0.2, 0) is 23.6 Å². The first kappa shape index (κ1) is 20.5. The third kappa shape index (κ3) is 4.00. The molecular weight excluding hydrogens is 374 g/mol. The lowest BCUT2D eigenvalue weighted by Gasteiger charge is -2.21. The van der Waals surface area contributed by atoms with Crippen LogP contribution in [0.4, 0.5) is 0 Å². The minimum atomic E-state index is -0.610. The topological polar surface area (TPSA) is 91.4 Å². The van der Waals surface area contributed by atoms with Crippen molar-refractivity contribution in [1.82, 2.24) is 23.6 Å². The van der Waals surface area contributed by atoms with Crippen LogP contribution in [0.3, 0.4) is 0 Å². The lowest BCUT2D eigenvalue weighted by molar-refractivity contribution is -0.129. The molecule has 0 aliphatic carbocycles. The Morgan fingerprint density at radius 2 is 1.83 bits per heavy atom. The van der Waals surface area contributed by atoms with Crippen molar-refractivity contribution in [2.75, 3.05) is 20.7 Å². The number of benzene rings is 1. The summed E-state index contributed by atoms with van der Waals surface area (Å²) >= 11 is 0. The Morgan fingerprint density at radius 3 is 2.48 bits per heavy atom. The molecule has 0 saturated carbocycles. The number of aryl methyl sites for hydroxylation is 1. The third-order valence-corrected chi connectivity index (χ3v) is 4.82. The van der Waals surface area contributed by atoms with E-state index in [0.717, 1.165) is 10.1 Å². The second-order valence-corrected chi connectivity index (χ2v) is 7.06. The summed E-state index contributed by atoms with van der Waals surface area (Å²) in [7, 11) is 6.45. The van der Waals surface area contributed by atoms with Gasteiger partial charge in [0.1, 0.15) is 6.33 Å². The van der Waals surface area contributed by atoms with Crippen LogP contribution in [-0.4, -0.2) is 50.2 Å². The second-order valence-electron chi connectivity index (χ2n) is 7.06. The van der Waals surface area contributed by atoms with Gasteiger partial charge in [0.2, 0.25) is 5.91 Å². The molecule has 0 aliphatic heterocycles. The van der Waals surface area contributed by atoms with E-state index in [1.165, 1.54) is 17.9 Å². The molecule has 29 heavy (non-hydrogen) atoms. The Morgan fingerprint density at radius 1 is 1.14 bits per heavy atom. The van der Waals surface area contributed by atoms with Gasteiger partial charge in [0.15, 0.2) is 17.4 Å². The zero-order valence-corrected chi connectivity index (χ0v) is 17.0. The summed E-state index contributed by atoms with van der Waals surface area (Å²) in [6, 6.07) is 9.45. The number of fused-ring (bicyclic) bond motifs is 1. The fourth-order valence-electron chi connectivity index (χ4n) is 3.14. The monoisotopic (exact) mass is 399 g/mol. The highest BCUT2D eigenvalue weighted by Crippen LogP contribution is 2.23. The predicted octanol–water partition coefficient (Wildman–Crippen LogP) is 0.866. The van der Waals surface area contributed by atoms with Crippen molar-refractivity contribution in [3.63, 3.8) is 0 Å². The largest absolute Gasteiger partial charge is 0.354 e. The van der Waals surface area contributed by atoms with Gasteiger partial charge in [-0.2, -0.15) is 0 Å². The summed E-state index contributed by atoms with van der Waals surface area (Å²) in [4.78, 5) is 42.6. The molecule has 1 unspecified atom stereocenters. The highest BCUT2D eigenvalue weighted by Gasteiger charge is 2.22. The van der Waals surface area contributed by atoms with Crippen LogP contribution < -0.4 is 11.2 Å². The number of nitrogens with zero attached hydrogens (tertiary/aromatic N) is 5. The number of amides is 1. The van der Waals surface area contributed by atoms with E-state index in [1.807, 2.05) is 30.3 Å². The SMILES string of the molecule is CN(C)C(=O)CCCOC(c1ccccc1)n1cnc2c1c(=O)n(C)c(=O)n2C. The highest BCUT2D eigenvalue weighted by molar-refractivity contribution is 5.75. The predicted molar refractivity (Wildman–Crippen MR) is 109 cm³/mol. The molecule has 0 saturated heterocycles. The quantitative estimate of drug-likeness (QED) is 0.550. The molecule has 9 nitrogen and oxygen atoms in total. The summed E-state index contributed by atoms with van der Waals surface area (Å²) in [6.45, 7) is 0.324. The van der Waals surface area contributed by atoms with Crippen molar-refractivity contribution in [2.45, 2.75) is 19.1 Å².